The van der Waals surface area contributed by atoms with E-state index in [9.17, 15) is 4.79 Å². The third kappa shape index (κ3) is 1.99. The summed E-state index contributed by atoms with van der Waals surface area (Å²) in [6.45, 7) is 3.13. The highest BCUT2D eigenvalue weighted by atomic mass is 16.2. The molecule has 5 nitrogen and oxygen atoms in total. The summed E-state index contributed by atoms with van der Waals surface area (Å²) in [4.78, 5) is 17.0. The minimum atomic E-state index is -0.0880. The molecule has 0 bridgehead atoms. The van der Waals surface area contributed by atoms with Crippen molar-refractivity contribution >= 4 is 16.9 Å². The van der Waals surface area contributed by atoms with Gasteiger partial charge in [0.15, 0.2) is 0 Å². The fourth-order valence-electron chi connectivity index (χ4n) is 2.88. The van der Waals surface area contributed by atoms with Crippen molar-refractivity contribution in [3.63, 3.8) is 0 Å². The number of H-pyrrole nitrogens is 1. The molecule has 1 unspecified atom stereocenters. The number of amides is 2. The molecule has 0 aliphatic carbocycles. The second-order valence-corrected chi connectivity index (χ2v) is 5.07. The van der Waals surface area contributed by atoms with Crippen LogP contribution < -0.4 is 5.32 Å². The predicted octanol–water partition coefficient (Wildman–Crippen LogP) is 2.46. The highest BCUT2D eigenvalue weighted by Crippen LogP contribution is 2.30. The number of nitrogens with one attached hydrogen (secondary N) is 2. The number of aryl methyl sites for hydroxylation is 1. The number of aromatic nitrogens is 1. The zero-order valence-electron chi connectivity index (χ0n) is 11.3. The number of fused-ring (bicyclic) bond motifs is 1. The molecule has 2 N–H and O–H groups in total. The Morgan fingerprint density at radius 1 is 1.45 bits per heavy atom. The average Bonchev–Trinajstić information content (AvgIpc) is 2.95. The molecule has 2 aromatic rings. The van der Waals surface area contributed by atoms with E-state index in [1.807, 2.05) is 25.1 Å². The van der Waals surface area contributed by atoms with Crippen molar-refractivity contribution in [1.29, 1.82) is 5.26 Å². The molecule has 0 spiro atoms. The molecule has 2 heterocycles. The summed E-state index contributed by atoms with van der Waals surface area (Å²) >= 11 is 0. The maximum absolute atomic E-state index is 11.9. The lowest BCUT2D eigenvalue weighted by atomic mass is 10.0. The minimum absolute atomic E-state index is 0.0163. The third-order valence-electron chi connectivity index (χ3n) is 3.77. The van der Waals surface area contributed by atoms with Crippen LogP contribution in [0.4, 0.5) is 4.79 Å². The van der Waals surface area contributed by atoms with Gasteiger partial charge >= 0.3 is 6.03 Å². The molecule has 1 saturated heterocycles. The average molecular weight is 268 g/mol. The molecule has 1 aliphatic rings. The van der Waals surface area contributed by atoms with Gasteiger partial charge in [-0.15, -0.1) is 0 Å². The van der Waals surface area contributed by atoms with Crippen LogP contribution in [-0.2, 0) is 0 Å². The van der Waals surface area contributed by atoms with Crippen LogP contribution in [0.25, 0.3) is 10.9 Å². The van der Waals surface area contributed by atoms with Gasteiger partial charge in [0.25, 0.3) is 0 Å². The number of rotatable bonds is 3. The van der Waals surface area contributed by atoms with Crippen molar-refractivity contribution in [3.05, 3.63) is 35.5 Å². The summed E-state index contributed by atoms with van der Waals surface area (Å²) in [7, 11) is 0. The van der Waals surface area contributed by atoms with Crippen LogP contribution >= 0.6 is 0 Å². The van der Waals surface area contributed by atoms with Crippen molar-refractivity contribution in [1.82, 2.24) is 15.2 Å². The first kappa shape index (κ1) is 12.5. The van der Waals surface area contributed by atoms with Crippen LogP contribution in [0.3, 0.4) is 0 Å². The quantitative estimate of drug-likeness (QED) is 0.897. The first-order valence-electron chi connectivity index (χ1n) is 6.70. The first-order valence-corrected chi connectivity index (χ1v) is 6.70. The summed E-state index contributed by atoms with van der Waals surface area (Å²) in [6, 6.07) is 10.1. The van der Waals surface area contributed by atoms with Crippen LogP contribution in [0.2, 0.25) is 0 Å². The Labute approximate surface area is 117 Å². The van der Waals surface area contributed by atoms with E-state index < -0.39 is 0 Å². The number of hydrogen-bond donors (Lipinski definition) is 2. The van der Waals surface area contributed by atoms with Crippen molar-refractivity contribution in [2.75, 3.05) is 13.1 Å². The van der Waals surface area contributed by atoms with E-state index in [1.165, 1.54) is 0 Å². The summed E-state index contributed by atoms with van der Waals surface area (Å²) < 4.78 is 0. The molecule has 0 saturated carbocycles. The number of para-hydroxylation sites is 1. The largest absolute Gasteiger partial charge is 0.358 e. The standard InChI is InChI=1S/C15H16N4O/c1-10-14(11-5-2-3-6-12(11)17-10)13-9-19(8-4-7-16)15(20)18-13/h2-3,5-6,13,17H,4,8-9H2,1H3,(H,18,20). The fraction of sp³-hybridized carbons (Fsp3) is 0.333. The number of aromatic amines is 1. The number of carbonyl (C=O) groups is 1. The van der Waals surface area contributed by atoms with Crippen LogP contribution in [0.5, 0.6) is 0 Å². The first-order chi connectivity index (χ1) is 9.70. The highest BCUT2D eigenvalue weighted by molar-refractivity contribution is 5.87. The fourth-order valence-corrected chi connectivity index (χ4v) is 2.88. The maximum atomic E-state index is 11.9. The van der Waals surface area contributed by atoms with Gasteiger partial charge in [0.2, 0.25) is 0 Å². The Balaban J connectivity index is 1.91. The van der Waals surface area contributed by atoms with Gasteiger partial charge < -0.3 is 15.2 Å². The van der Waals surface area contributed by atoms with E-state index in [1.54, 1.807) is 4.90 Å². The van der Waals surface area contributed by atoms with Gasteiger partial charge in [0, 0.05) is 35.2 Å². The molecule has 20 heavy (non-hydrogen) atoms. The van der Waals surface area contributed by atoms with Gasteiger partial charge in [-0.05, 0) is 13.0 Å². The van der Waals surface area contributed by atoms with Crippen LogP contribution in [0.15, 0.2) is 24.3 Å². The summed E-state index contributed by atoms with van der Waals surface area (Å²) in [5.41, 5.74) is 3.32. The van der Waals surface area contributed by atoms with Crippen molar-refractivity contribution in [2.45, 2.75) is 19.4 Å². The number of hydrogen-bond acceptors (Lipinski definition) is 2. The number of urea groups is 1. The molecule has 1 aromatic carbocycles. The normalized spacial score (nSPS) is 18.3. The van der Waals surface area contributed by atoms with E-state index >= 15 is 0 Å². The van der Waals surface area contributed by atoms with Gasteiger partial charge in [-0.3, -0.25) is 0 Å². The monoisotopic (exact) mass is 268 g/mol. The molecule has 2 amide bonds. The van der Waals surface area contributed by atoms with Gasteiger partial charge in [0.05, 0.1) is 18.5 Å². The minimum Gasteiger partial charge on any atom is -0.358 e. The van der Waals surface area contributed by atoms with E-state index in [0.717, 1.165) is 22.2 Å². The lowest BCUT2D eigenvalue weighted by Gasteiger charge is -2.12. The van der Waals surface area contributed by atoms with E-state index in [2.05, 4.69) is 22.4 Å². The lowest BCUT2D eigenvalue weighted by Crippen LogP contribution is -2.28. The smallest absolute Gasteiger partial charge is 0.318 e. The van der Waals surface area contributed by atoms with Crippen molar-refractivity contribution in [3.8, 4) is 6.07 Å². The van der Waals surface area contributed by atoms with Crippen molar-refractivity contribution < 1.29 is 4.79 Å². The molecule has 5 heteroatoms. The molecule has 0 radical (unpaired) electrons. The van der Waals surface area contributed by atoms with E-state index in [0.29, 0.717) is 19.5 Å². The number of benzene rings is 1. The molecule has 1 atom stereocenters. The van der Waals surface area contributed by atoms with Crippen molar-refractivity contribution in [2.24, 2.45) is 0 Å². The SMILES string of the molecule is Cc1[nH]c2ccccc2c1C1CN(CCC#N)C(=O)N1. The molecular weight excluding hydrogens is 252 g/mol. The maximum Gasteiger partial charge on any atom is 0.318 e. The highest BCUT2D eigenvalue weighted by Gasteiger charge is 2.31. The Morgan fingerprint density at radius 2 is 2.25 bits per heavy atom. The molecular formula is C15H16N4O. The molecule has 1 aromatic heterocycles. The number of nitrogens with zero attached hydrogens (tertiary/aromatic N) is 2. The Bertz CT molecular complexity index is 697. The summed E-state index contributed by atoms with van der Waals surface area (Å²) in [5.74, 6) is 0. The van der Waals surface area contributed by atoms with Gasteiger partial charge in [0.1, 0.15) is 0 Å². The third-order valence-corrected chi connectivity index (χ3v) is 3.77. The number of nitriles is 1. The van der Waals surface area contributed by atoms with E-state index in [-0.39, 0.29) is 12.1 Å². The predicted molar refractivity (Wildman–Crippen MR) is 76.1 cm³/mol. The zero-order valence-corrected chi connectivity index (χ0v) is 11.3. The second-order valence-electron chi connectivity index (χ2n) is 5.07. The Kier molecular flexibility index (Phi) is 3.07. The zero-order chi connectivity index (χ0) is 14.1. The lowest BCUT2D eigenvalue weighted by molar-refractivity contribution is 0.218. The Morgan fingerprint density at radius 3 is 3.05 bits per heavy atom. The van der Waals surface area contributed by atoms with E-state index in [4.69, 9.17) is 5.26 Å². The molecule has 3 rings (SSSR count). The van der Waals surface area contributed by atoms with Crippen LogP contribution in [0, 0.1) is 18.3 Å². The second kappa shape index (κ2) is 4.89. The van der Waals surface area contributed by atoms with Crippen LogP contribution in [0.1, 0.15) is 23.7 Å². The topological polar surface area (TPSA) is 71.9 Å². The van der Waals surface area contributed by atoms with Gasteiger partial charge in [-0.2, -0.15) is 5.26 Å². The van der Waals surface area contributed by atoms with Gasteiger partial charge in [-0.25, -0.2) is 4.79 Å². The summed E-state index contributed by atoms with van der Waals surface area (Å²) in [5, 5.41) is 12.8. The van der Waals surface area contributed by atoms with Gasteiger partial charge in [-0.1, -0.05) is 18.2 Å². The number of carbonyl (C=O) groups excluding carboxylic acids is 1. The molecule has 102 valence electrons. The Hall–Kier alpha value is -2.48. The molecule has 1 fully saturated rings. The summed E-state index contributed by atoms with van der Waals surface area (Å²) in [6.07, 6.45) is 0.368. The van der Waals surface area contributed by atoms with Crippen LogP contribution in [-0.4, -0.2) is 29.0 Å². The molecule has 1 aliphatic heterocycles.